The molecule has 3 rings (SSSR count). The Bertz CT molecular complexity index is 807. The van der Waals surface area contributed by atoms with E-state index in [1.807, 2.05) is 48.5 Å². The fraction of sp³-hybridized carbons (Fsp3) is 0.364. The maximum Gasteiger partial charge on any atom is 0.0836 e. The van der Waals surface area contributed by atoms with Crippen molar-refractivity contribution in [3.8, 4) is 12.1 Å². The van der Waals surface area contributed by atoms with Gasteiger partial charge in [-0.2, -0.15) is 10.5 Å². The second-order valence-electron chi connectivity index (χ2n) is 6.19. The van der Waals surface area contributed by atoms with Crippen molar-refractivity contribution in [2.24, 2.45) is 0 Å². The first-order valence-corrected chi connectivity index (χ1v) is 11.9. The Hall–Kier alpha value is -1.04. The van der Waals surface area contributed by atoms with E-state index >= 15 is 0 Å². The molecule has 0 aromatic heterocycles. The molecule has 0 unspecified atom stereocenters. The molecule has 2 aromatic rings. The first-order valence-electron chi connectivity index (χ1n) is 8.93. The summed E-state index contributed by atoms with van der Waals surface area (Å²) in [5.74, 6) is 0. The molecular formula is C22H22Br2Cl2N2. The highest BCUT2D eigenvalue weighted by Crippen LogP contribution is 2.45. The molecule has 0 atom stereocenters. The molecule has 0 saturated heterocycles. The lowest BCUT2D eigenvalue weighted by atomic mass is 9.65. The van der Waals surface area contributed by atoms with Crippen LogP contribution in [0.15, 0.2) is 48.5 Å². The first-order chi connectivity index (χ1) is 13.5. The minimum Gasteiger partial charge on any atom is -0.198 e. The number of hydrogen-bond donors (Lipinski definition) is 0. The van der Waals surface area contributed by atoms with E-state index in [0.717, 1.165) is 46.1 Å². The average Bonchev–Trinajstić information content (AvgIpc) is 2.67. The van der Waals surface area contributed by atoms with Crippen molar-refractivity contribution in [2.75, 3.05) is 10.7 Å². The summed E-state index contributed by atoms with van der Waals surface area (Å²) in [5.41, 5.74) is 1.62. The summed E-state index contributed by atoms with van der Waals surface area (Å²) in [4.78, 5) is 0. The Kier molecular flexibility index (Phi) is 12.5. The van der Waals surface area contributed by atoms with Crippen molar-refractivity contribution >= 4 is 55.1 Å². The highest BCUT2D eigenvalue weighted by molar-refractivity contribution is 9.09. The second kappa shape index (κ2) is 14.0. The van der Waals surface area contributed by atoms with Gasteiger partial charge in [0.1, 0.15) is 0 Å². The van der Waals surface area contributed by atoms with E-state index in [-0.39, 0.29) is 5.41 Å². The molecule has 148 valence electrons. The quantitative estimate of drug-likeness (QED) is 0.368. The molecule has 0 amide bonds. The lowest BCUT2D eigenvalue weighted by Crippen LogP contribution is -2.32. The van der Waals surface area contributed by atoms with E-state index in [9.17, 15) is 0 Å². The number of nitriles is 2. The third kappa shape index (κ3) is 7.76. The number of halogens is 4. The third-order valence-electron chi connectivity index (χ3n) is 4.31. The second-order valence-corrected chi connectivity index (χ2v) is 8.59. The van der Waals surface area contributed by atoms with Gasteiger partial charge in [0.2, 0.25) is 0 Å². The summed E-state index contributed by atoms with van der Waals surface area (Å²) in [6, 6.07) is 19.5. The largest absolute Gasteiger partial charge is 0.198 e. The molecule has 0 bridgehead atoms. The van der Waals surface area contributed by atoms with E-state index in [0.29, 0.717) is 11.4 Å². The Morgan fingerprint density at radius 1 is 0.893 bits per heavy atom. The number of hydrogen-bond acceptors (Lipinski definition) is 2. The molecule has 28 heavy (non-hydrogen) atoms. The van der Waals surface area contributed by atoms with Crippen LogP contribution >= 0.6 is 55.1 Å². The summed E-state index contributed by atoms with van der Waals surface area (Å²) in [6.45, 7) is 0. The topological polar surface area (TPSA) is 47.6 Å². The van der Waals surface area contributed by atoms with Crippen molar-refractivity contribution in [1.29, 1.82) is 10.5 Å². The van der Waals surface area contributed by atoms with Crippen LogP contribution in [-0.4, -0.2) is 10.7 Å². The maximum absolute atomic E-state index is 9.11. The number of rotatable bonds is 4. The molecule has 0 radical (unpaired) electrons. The highest BCUT2D eigenvalue weighted by Gasteiger charge is 2.40. The normalized spacial score (nSPS) is 13.4. The molecule has 1 saturated carbocycles. The smallest absolute Gasteiger partial charge is 0.0836 e. The van der Waals surface area contributed by atoms with Crippen molar-refractivity contribution in [3.05, 3.63) is 69.7 Å². The number of nitrogens with zero attached hydrogens (tertiary/aromatic N) is 2. The molecule has 1 aliphatic rings. The van der Waals surface area contributed by atoms with Crippen LogP contribution in [0.25, 0.3) is 0 Å². The predicted molar refractivity (Wildman–Crippen MR) is 126 cm³/mol. The summed E-state index contributed by atoms with van der Waals surface area (Å²) >= 11 is 18.4. The van der Waals surface area contributed by atoms with Crippen molar-refractivity contribution in [1.82, 2.24) is 0 Å². The zero-order valence-corrected chi connectivity index (χ0v) is 20.2. The Morgan fingerprint density at radius 2 is 1.46 bits per heavy atom. The molecule has 1 aliphatic carbocycles. The fourth-order valence-electron chi connectivity index (χ4n) is 2.60. The Labute approximate surface area is 194 Å². The van der Waals surface area contributed by atoms with Gasteiger partial charge < -0.3 is 0 Å². The molecule has 2 aromatic carbocycles. The Balaban J connectivity index is 0.000000233. The van der Waals surface area contributed by atoms with Crippen LogP contribution in [-0.2, 0) is 11.8 Å². The highest BCUT2D eigenvalue weighted by atomic mass is 79.9. The van der Waals surface area contributed by atoms with Crippen LogP contribution in [0.3, 0.4) is 0 Å². The lowest BCUT2D eigenvalue weighted by molar-refractivity contribution is 0.324. The van der Waals surface area contributed by atoms with Gasteiger partial charge in [-0.15, -0.1) is 0 Å². The van der Waals surface area contributed by atoms with Crippen LogP contribution in [0, 0.1) is 22.7 Å². The monoisotopic (exact) mass is 542 g/mol. The van der Waals surface area contributed by atoms with Crippen LogP contribution in [0.4, 0.5) is 0 Å². The molecule has 0 spiro atoms. The summed E-state index contributed by atoms with van der Waals surface area (Å²) in [7, 11) is 0. The van der Waals surface area contributed by atoms with Crippen molar-refractivity contribution in [3.63, 3.8) is 0 Å². The van der Waals surface area contributed by atoms with Gasteiger partial charge in [0, 0.05) is 20.7 Å². The molecular weight excluding hydrogens is 523 g/mol. The fourth-order valence-corrected chi connectivity index (χ4v) is 4.43. The summed E-state index contributed by atoms with van der Waals surface area (Å²) < 4.78 is 0. The zero-order valence-electron chi connectivity index (χ0n) is 15.5. The third-order valence-corrected chi connectivity index (χ3v) is 6.12. The van der Waals surface area contributed by atoms with Crippen LogP contribution < -0.4 is 0 Å². The number of benzene rings is 2. The van der Waals surface area contributed by atoms with E-state index in [2.05, 4.69) is 37.9 Å². The van der Waals surface area contributed by atoms with Crippen LogP contribution in [0.5, 0.6) is 0 Å². The predicted octanol–water partition coefficient (Wildman–Crippen LogP) is 7.86. The van der Waals surface area contributed by atoms with Crippen molar-refractivity contribution in [2.45, 2.75) is 37.5 Å². The van der Waals surface area contributed by atoms with Gasteiger partial charge in [0.15, 0.2) is 0 Å². The maximum atomic E-state index is 9.11. The van der Waals surface area contributed by atoms with Gasteiger partial charge in [-0.3, -0.25) is 0 Å². The van der Waals surface area contributed by atoms with E-state index in [1.165, 1.54) is 6.42 Å². The van der Waals surface area contributed by atoms with Crippen LogP contribution in [0.1, 0.15) is 36.8 Å². The van der Waals surface area contributed by atoms with Gasteiger partial charge in [-0.05, 0) is 48.9 Å². The van der Waals surface area contributed by atoms with E-state index in [1.54, 1.807) is 6.07 Å². The molecule has 0 N–H and O–H groups in total. The van der Waals surface area contributed by atoms with Gasteiger partial charge in [0.25, 0.3) is 0 Å². The summed E-state index contributed by atoms with van der Waals surface area (Å²) in [6.07, 6.45) is 4.65. The van der Waals surface area contributed by atoms with Crippen LogP contribution in [0.2, 0.25) is 10.0 Å². The van der Waals surface area contributed by atoms with E-state index in [4.69, 9.17) is 33.7 Å². The molecule has 0 aliphatic heterocycles. The van der Waals surface area contributed by atoms with Crippen molar-refractivity contribution < 1.29 is 0 Å². The first kappa shape index (κ1) is 25.0. The standard InChI is InChI=1S/C11H10ClN.C8H6ClN.C3H6Br2/c12-10-5-2-1-4-9(10)11(8-13)6-3-7-11;9-8-4-2-1-3-7(8)5-6-10;4-2-1-3-5/h1-2,4-5H,3,6-7H2;1-4H,5H2;1-3H2. The zero-order chi connectivity index (χ0) is 20.8. The van der Waals surface area contributed by atoms with E-state index < -0.39 is 0 Å². The van der Waals surface area contributed by atoms with Gasteiger partial charge in [0.05, 0.1) is 24.0 Å². The average molecular weight is 545 g/mol. The minimum atomic E-state index is -0.279. The number of alkyl halides is 2. The van der Waals surface area contributed by atoms with Gasteiger partial charge in [-0.1, -0.05) is 91.5 Å². The molecule has 1 fully saturated rings. The summed E-state index contributed by atoms with van der Waals surface area (Å²) in [5, 5.41) is 21.1. The van der Waals surface area contributed by atoms with Gasteiger partial charge in [-0.25, -0.2) is 0 Å². The Morgan fingerprint density at radius 3 is 1.86 bits per heavy atom. The van der Waals surface area contributed by atoms with Gasteiger partial charge >= 0.3 is 0 Å². The molecule has 2 nitrogen and oxygen atoms in total. The lowest BCUT2D eigenvalue weighted by Gasteiger charge is -2.36. The SMILES string of the molecule is BrCCCBr.N#CC1(c2ccccc2Cl)CCC1.N#CCc1ccccc1Cl. The minimum absolute atomic E-state index is 0.279. The molecule has 0 heterocycles. The molecule has 6 heteroatoms.